The lowest BCUT2D eigenvalue weighted by Gasteiger charge is -2.15. The summed E-state index contributed by atoms with van der Waals surface area (Å²) in [7, 11) is 0. The molecule has 33 heavy (non-hydrogen) atoms. The number of fused-ring (bicyclic) bond motifs is 2. The summed E-state index contributed by atoms with van der Waals surface area (Å²) in [5.41, 5.74) is 4.70. The number of rotatable bonds is 3. The summed E-state index contributed by atoms with van der Waals surface area (Å²) in [6.45, 7) is 2.05. The zero-order valence-electron chi connectivity index (χ0n) is 17.2. The van der Waals surface area contributed by atoms with Crippen LogP contribution in [0.15, 0.2) is 47.6 Å². The molecule has 1 aromatic carbocycles. The molecule has 6 rings (SSSR count). The number of pyridine rings is 2. The van der Waals surface area contributed by atoms with Crippen LogP contribution >= 0.6 is 11.6 Å². The molecule has 7 nitrogen and oxygen atoms in total. The second kappa shape index (κ2) is 7.70. The molecule has 164 valence electrons. The Morgan fingerprint density at radius 1 is 1.06 bits per heavy atom. The SMILES string of the molecule is Fc1cc(F)c(C2=NCC=C2c2ccc3ncc(-c4nnn5c4NCCC5)cc3n2)cc1Cl. The van der Waals surface area contributed by atoms with Crippen molar-refractivity contribution in [2.75, 3.05) is 18.4 Å². The predicted molar refractivity (Wildman–Crippen MR) is 122 cm³/mol. The first-order valence-corrected chi connectivity index (χ1v) is 10.8. The lowest BCUT2D eigenvalue weighted by Crippen LogP contribution is -2.17. The van der Waals surface area contributed by atoms with Gasteiger partial charge in [0.1, 0.15) is 17.3 Å². The number of halogens is 3. The zero-order chi connectivity index (χ0) is 22.5. The molecule has 0 aliphatic carbocycles. The van der Waals surface area contributed by atoms with E-state index in [-0.39, 0.29) is 10.6 Å². The maximum atomic E-state index is 14.5. The molecule has 0 amide bonds. The average Bonchev–Trinajstić information content (AvgIpc) is 3.48. The molecular weight excluding hydrogens is 448 g/mol. The number of hydrogen-bond acceptors (Lipinski definition) is 6. The van der Waals surface area contributed by atoms with Crippen molar-refractivity contribution < 1.29 is 8.78 Å². The molecule has 1 N–H and O–H groups in total. The van der Waals surface area contributed by atoms with Gasteiger partial charge in [-0.05, 0) is 30.7 Å². The molecule has 3 aromatic heterocycles. The van der Waals surface area contributed by atoms with Gasteiger partial charge >= 0.3 is 0 Å². The topological polar surface area (TPSA) is 80.9 Å². The van der Waals surface area contributed by atoms with Gasteiger partial charge in [-0.15, -0.1) is 5.10 Å². The van der Waals surface area contributed by atoms with Gasteiger partial charge in [0.2, 0.25) is 0 Å². The molecule has 5 heterocycles. The fraction of sp³-hybridized carbons (Fsp3) is 0.174. The summed E-state index contributed by atoms with van der Waals surface area (Å²) >= 11 is 5.89. The monoisotopic (exact) mass is 463 g/mol. The highest BCUT2D eigenvalue weighted by Gasteiger charge is 2.23. The van der Waals surface area contributed by atoms with Crippen LogP contribution in [-0.2, 0) is 6.54 Å². The Kier molecular flexibility index (Phi) is 4.65. The van der Waals surface area contributed by atoms with E-state index < -0.39 is 11.6 Å². The minimum atomic E-state index is -0.810. The summed E-state index contributed by atoms with van der Waals surface area (Å²) in [4.78, 5) is 13.7. The van der Waals surface area contributed by atoms with E-state index in [1.165, 1.54) is 6.07 Å². The number of aryl methyl sites for hydroxylation is 1. The van der Waals surface area contributed by atoms with Crippen LogP contribution in [0.3, 0.4) is 0 Å². The Morgan fingerprint density at radius 2 is 1.97 bits per heavy atom. The van der Waals surface area contributed by atoms with Crippen molar-refractivity contribution in [1.82, 2.24) is 25.0 Å². The summed E-state index contributed by atoms with van der Waals surface area (Å²) < 4.78 is 30.0. The third kappa shape index (κ3) is 3.36. The Hall–Kier alpha value is -3.72. The number of nitrogens with one attached hydrogen (secondary N) is 1. The van der Waals surface area contributed by atoms with Gasteiger partial charge in [0, 0.05) is 42.1 Å². The Labute approximate surface area is 191 Å². The van der Waals surface area contributed by atoms with Crippen molar-refractivity contribution in [1.29, 1.82) is 0 Å². The van der Waals surface area contributed by atoms with E-state index >= 15 is 0 Å². The minimum absolute atomic E-state index is 0.140. The molecule has 10 heteroatoms. The van der Waals surface area contributed by atoms with E-state index in [0.29, 0.717) is 34.6 Å². The Balaban J connectivity index is 1.40. The van der Waals surface area contributed by atoms with Crippen LogP contribution < -0.4 is 5.32 Å². The van der Waals surface area contributed by atoms with Gasteiger partial charge in [-0.25, -0.2) is 18.4 Å². The molecule has 2 aliphatic heterocycles. The van der Waals surface area contributed by atoms with Crippen LogP contribution in [0.1, 0.15) is 17.7 Å². The number of benzene rings is 1. The van der Waals surface area contributed by atoms with Crippen LogP contribution in [0.25, 0.3) is 27.9 Å². The second-order valence-electron chi connectivity index (χ2n) is 7.80. The lowest BCUT2D eigenvalue weighted by atomic mass is 9.99. The third-order valence-electron chi connectivity index (χ3n) is 5.73. The molecule has 0 unspecified atom stereocenters. The van der Waals surface area contributed by atoms with Crippen LogP contribution in [0, 0.1) is 11.6 Å². The zero-order valence-corrected chi connectivity index (χ0v) is 17.9. The van der Waals surface area contributed by atoms with Gasteiger partial charge in [0.15, 0.2) is 5.82 Å². The van der Waals surface area contributed by atoms with Gasteiger partial charge in [-0.3, -0.25) is 9.98 Å². The van der Waals surface area contributed by atoms with Crippen molar-refractivity contribution in [3.63, 3.8) is 0 Å². The van der Waals surface area contributed by atoms with Crippen molar-refractivity contribution in [2.24, 2.45) is 4.99 Å². The van der Waals surface area contributed by atoms with E-state index in [4.69, 9.17) is 16.6 Å². The second-order valence-corrected chi connectivity index (χ2v) is 8.21. The number of aromatic nitrogens is 5. The van der Waals surface area contributed by atoms with Gasteiger partial charge in [-0.1, -0.05) is 22.9 Å². The van der Waals surface area contributed by atoms with E-state index in [9.17, 15) is 8.78 Å². The van der Waals surface area contributed by atoms with Crippen molar-refractivity contribution in [3.8, 4) is 11.3 Å². The number of anilines is 1. The van der Waals surface area contributed by atoms with E-state index in [1.54, 1.807) is 6.20 Å². The molecule has 0 saturated carbocycles. The molecule has 2 aliphatic rings. The van der Waals surface area contributed by atoms with Gasteiger partial charge < -0.3 is 5.32 Å². The summed E-state index contributed by atoms with van der Waals surface area (Å²) in [6.07, 6.45) is 4.61. The fourth-order valence-electron chi connectivity index (χ4n) is 4.13. The highest BCUT2D eigenvalue weighted by molar-refractivity contribution is 6.35. The largest absolute Gasteiger partial charge is 0.368 e. The Morgan fingerprint density at radius 3 is 2.88 bits per heavy atom. The molecule has 0 spiro atoms. The summed E-state index contributed by atoms with van der Waals surface area (Å²) in [5.74, 6) is -0.664. The Bertz CT molecular complexity index is 1490. The molecular formula is C23H16ClF2N7. The first-order valence-electron chi connectivity index (χ1n) is 10.4. The fourth-order valence-corrected chi connectivity index (χ4v) is 4.29. The van der Waals surface area contributed by atoms with Gasteiger partial charge in [0.05, 0.1) is 34.0 Å². The normalized spacial score (nSPS) is 15.2. The molecule has 0 bridgehead atoms. The van der Waals surface area contributed by atoms with Crippen LogP contribution in [0.5, 0.6) is 0 Å². The highest BCUT2D eigenvalue weighted by Crippen LogP contribution is 2.31. The van der Waals surface area contributed by atoms with Crippen LogP contribution in [0.2, 0.25) is 5.02 Å². The highest BCUT2D eigenvalue weighted by atomic mass is 35.5. The third-order valence-corrected chi connectivity index (χ3v) is 6.02. The molecule has 4 aromatic rings. The average molecular weight is 464 g/mol. The first kappa shape index (κ1) is 19.9. The maximum Gasteiger partial charge on any atom is 0.153 e. The van der Waals surface area contributed by atoms with Crippen LogP contribution in [-0.4, -0.2) is 43.8 Å². The molecule has 0 radical (unpaired) electrons. The van der Waals surface area contributed by atoms with Crippen molar-refractivity contribution in [2.45, 2.75) is 13.0 Å². The predicted octanol–water partition coefficient (Wildman–Crippen LogP) is 4.52. The summed E-state index contributed by atoms with van der Waals surface area (Å²) in [5, 5.41) is 11.7. The number of aliphatic imine (C=N–C) groups is 1. The van der Waals surface area contributed by atoms with Crippen molar-refractivity contribution in [3.05, 3.63) is 70.5 Å². The smallest absolute Gasteiger partial charge is 0.153 e. The van der Waals surface area contributed by atoms with Crippen molar-refractivity contribution >= 4 is 39.7 Å². The van der Waals surface area contributed by atoms with E-state index in [1.807, 2.05) is 29.0 Å². The number of hydrogen-bond donors (Lipinski definition) is 1. The van der Waals surface area contributed by atoms with Gasteiger partial charge in [-0.2, -0.15) is 0 Å². The molecule has 0 atom stereocenters. The molecule has 0 fully saturated rings. The van der Waals surface area contributed by atoms with Gasteiger partial charge in [0.25, 0.3) is 0 Å². The summed E-state index contributed by atoms with van der Waals surface area (Å²) in [6, 6.07) is 7.60. The van der Waals surface area contributed by atoms with Crippen LogP contribution in [0.4, 0.5) is 14.6 Å². The van der Waals surface area contributed by atoms with E-state index in [0.717, 1.165) is 42.7 Å². The van der Waals surface area contributed by atoms with E-state index in [2.05, 4.69) is 25.6 Å². The quantitative estimate of drug-likeness (QED) is 0.452. The number of allylic oxidation sites excluding steroid dienone is 1. The lowest BCUT2D eigenvalue weighted by molar-refractivity contribution is 0.549. The number of nitrogens with zero attached hydrogens (tertiary/aromatic N) is 6. The molecule has 0 saturated heterocycles. The standard InChI is InChI=1S/C23H16ClF2N7/c24-15-9-14(16(25)10-17(15)26)22-13(4-6-27-22)18-2-3-19-20(30-18)8-12(11-29-19)21-23-28-5-1-7-33(23)32-31-21/h2-4,8-11,28H,1,5-7H2. The maximum absolute atomic E-state index is 14.5. The first-order chi connectivity index (χ1) is 16.1. The minimum Gasteiger partial charge on any atom is -0.368 e.